The second-order valence-corrected chi connectivity index (χ2v) is 7.44. The summed E-state index contributed by atoms with van der Waals surface area (Å²) in [6.07, 6.45) is 4.03. The van der Waals surface area contributed by atoms with Crippen LogP contribution in [0.2, 0.25) is 0 Å². The molecule has 0 saturated heterocycles. The molecule has 0 spiro atoms. The van der Waals surface area contributed by atoms with E-state index in [1.807, 2.05) is 19.1 Å². The number of carbonyl (C=O) groups excluding carboxylic acids is 1. The molecule has 0 fully saturated rings. The van der Waals surface area contributed by atoms with Gasteiger partial charge in [-0.3, -0.25) is 4.79 Å². The standard InChI is InChI=1S/C24H31NO5/c1-2-7-21(26)20-10-6-9-18(23(20)28)8-4-3-5-15-25-16-22(27)17-11-13-19(14-12-17)24(29)30/h6,9-14,22,25,27-28H,2-5,7-8,15-16H2,1H3,(H,29,30). The van der Waals surface area contributed by atoms with Crippen molar-refractivity contribution in [1.29, 1.82) is 0 Å². The number of benzene rings is 2. The summed E-state index contributed by atoms with van der Waals surface area (Å²) in [6.45, 7) is 3.10. The van der Waals surface area contributed by atoms with Gasteiger partial charge in [0.05, 0.1) is 17.2 Å². The van der Waals surface area contributed by atoms with E-state index in [1.165, 1.54) is 12.1 Å². The van der Waals surface area contributed by atoms with Crippen LogP contribution in [0, 0.1) is 0 Å². The smallest absolute Gasteiger partial charge is 0.335 e. The molecule has 0 aromatic heterocycles. The zero-order valence-electron chi connectivity index (χ0n) is 17.4. The van der Waals surface area contributed by atoms with E-state index < -0.39 is 12.1 Å². The average Bonchev–Trinajstić information content (AvgIpc) is 2.74. The zero-order valence-corrected chi connectivity index (χ0v) is 17.4. The third-order valence-corrected chi connectivity index (χ3v) is 5.08. The lowest BCUT2D eigenvalue weighted by atomic mass is 9.99. The Morgan fingerprint density at radius 2 is 1.77 bits per heavy atom. The first kappa shape index (κ1) is 23.6. The lowest BCUT2D eigenvalue weighted by Crippen LogP contribution is -2.22. The maximum Gasteiger partial charge on any atom is 0.335 e. The molecule has 0 heterocycles. The zero-order chi connectivity index (χ0) is 21.9. The molecule has 1 unspecified atom stereocenters. The van der Waals surface area contributed by atoms with Crippen LogP contribution in [0.5, 0.6) is 5.75 Å². The number of aromatic hydroxyl groups is 1. The molecule has 0 saturated carbocycles. The molecule has 2 aromatic carbocycles. The van der Waals surface area contributed by atoms with Crippen LogP contribution >= 0.6 is 0 Å². The van der Waals surface area contributed by atoms with Crippen LogP contribution in [0.4, 0.5) is 0 Å². The largest absolute Gasteiger partial charge is 0.507 e. The van der Waals surface area contributed by atoms with Crippen LogP contribution in [-0.2, 0) is 6.42 Å². The Hall–Kier alpha value is -2.70. The number of hydrogen-bond acceptors (Lipinski definition) is 5. The Morgan fingerprint density at radius 3 is 2.43 bits per heavy atom. The molecular weight excluding hydrogens is 382 g/mol. The number of hydrogen-bond donors (Lipinski definition) is 4. The summed E-state index contributed by atoms with van der Waals surface area (Å²) in [5, 5.41) is 32.6. The minimum atomic E-state index is -0.984. The number of phenols is 1. The highest BCUT2D eigenvalue weighted by molar-refractivity contribution is 5.98. The number of carbonyl (C=O) groups is 2. The maximum absolute atomic E-state index is 12.1. The van der Waals surface area contributed by atoms with Crippen molar-refractivity contribution < 1.29 is 24.9 Å². The van der Waals surface area contributed by atoms with E-state index in [0.717, 1.165) is 44.2 Å². The van der Waals surface area contributed by atoms with Gasteiger partial charge in [0.2, 0.25) is 0 Å². The van der Waals surface area contributed by atoms with Crippen molar-refractivity contribution in [1.82, 2.24) is 5.32 Å². The number of unbranched alkanes of at least 4 members (excludes halogenated alkanes) is 2. The van der Waals surface area contributed by atoms with Crippen molar-refractivity contribution in [2.75, 3.05) is 13.1 Å². The summed E-state index contributed by atoms with van der Waals surface area (Å²) in [4.78, 5) is 22.9. The van der Waals surface area contributed by atoms with Crippen LogP contribution in [0.15, 0.2) is 42.5 Å². The molecule has 1 atom stereocenters. The van der Waals surface area contributed by atoms with Crippen molar-refractivity contribution in [2.45, 2.75) is 51.6 Å². The number of carboxylic acid groups (broad SMARTS) is 1. The van der Waals surface area contributed by atoms with Gasteiger partial charge in [-0.2, -0.15) is 0 Å². The Balaban J connectivity index is 1.67. The summed E-state index contributed by atoms with van der Waals surface area (Å²) in [5.74, 6) is -0.884. The van der Waals surface area contributed by atoms with E-state index in [-0.39, 0.29) is 17.1 Å². The molecule has 0 aliphatic heterocycles. The summed E-state index contributed by atoms with van der Waals surface area (Å²) in [5.41, 5.74) is 2.11. The third-order valence-electron chi connectivity index (χ3n) is 5.08. The number of ketones is 1. The van der Waals surface area contributed by atoms with Crippen molar-refractivity contribution in [3.05, 3.63) is 64.7 Å². The monoisotopic (exact) mass is 413 g/mol. The molecule has 2 aromatic rings. The SMILES string of the molecule is CCCC(=O)c1cccc(CCCCCNCC(O)c2ccc(C(=O)O)cc2)c1O. The fourth-order valence-corrected chi connectivity index (χ4v) is 3.33. The molecule has 0 amide bonds. The number of nitrogens with one attached hydrogen (secondary N) is 1. The fourth-order valence-electron chi connectivity index (χ4n) is 3.33. The molecule has 30 heavy (non-hydrogen) atoms. The van der Waals surface area contributed by atoms with E-state index in [1.54, 1.807) is 18.2 Å². The van der Waals surface area contributed by atoms with E-state index in [2.05, 4.69) is 5.32 Å². The Kier molecular flexibility index (Phi) is 9.51. The molecular formula is C24H31NO5. The maximum atomic E-state index is 12.1. The van der Waals surface area contributed by atoms with Gasteiger partial charge in [-0.15, -0.1) is 0 Å². The number of Topliss-reactive ketones (excluding diaryl/α,β-unsaturated/α-hetero) is 1. The van der Waals surface area contributed by atoms with Gasteiger partial charge < -0.3 is 20.6 Å². The van der Waals surface area contributed by atoms with Crippen LogP contribution < -0.4 is 5.32 Å². The molecule has 6 nitrogen and oxygen atoms in total. The lowest BCUT2D eigenvalue weighted by Gasteiger charge is -2.12. The minimum Gasteiger partial charge on any atom is -0.507 e. The van der Waals surface area contributed by atoms with Crippen LogP contribution in [0.1, 0.15) is 77.0 Å². The van der Waals surface area contributed by atoms with Gasteiger partial charge in [0.1, 0.15) is 5.75 Å². The van der Waals surface area contributed by atoms with E-state index in [4.69, 9.17) is 5.11 Å². The second-order valence-electron chi connectivity index (χ2n) is 7.44. The lowest BCUT2D eigenvalue weighted by molar-refractivity contribution is 0.0696. The third kappa shape index (κ3) is 6.97. The fraction of sp³-hybridized carbons (Fsp3) is 0.417. The summed E-state index contributed by atoms with van der Waals surface area (Å²) >= 11 is 0. The van der Waals surface area contributed by atoms with Crippen molar-refractivity contribution >= 4 is 11.8 Å². The number of para-hydroxylation sites is 1. The second kappa shape index (κ2) is 12.1. The predicted octanol–water partition coefficient (Wildman–Crippen LogP) is 4.11. The number of carboxylic acids is 1. The normalized spacial score (nSPS) is 11.9. The summed E-state index contributed by atoms with van der Waals surface area (Å²) in [7, 11) is 0. The Bertz CT molecular complexity index is 832. The first-order valence-corrected chi connectivity index (χ1v) is 10.5. The number of rotatable bonds is 13. The molecule has 0 radical (unpaired) electrons. The molecule has 0 bridgehead atoms. The van der Waals surface area contributed by atoms with E-state index >= 15 is 0 Å². The van der Waals surface area contributed by atoms with Crippen LogP contribution in [-0.4, -0.2) is 40.2 Å². The topological polar surface area (TPSA) is 107 Å². The summed E-state index contributed by atoms with van der Waals surface area (Å²) < 4.78 is 0. The average molecular weight is 414 g/mol. The number of aliphatic hydroxyl groups excluding tert-OH is 1. The minimum absolute atomic E-state index is 0.0165. The first-order chi connectivity index (χ1) is 14.4. The quantitative estimate of drug-likeness (QED) is 0.291. The van der Waals surface area contributed by atoms with Gasteiger partial charge in [0.25, 0.3) is 0 Å². The number of aryl methyl sites for hydroxylation is 1. The number of aliphatic hydroxyl groups is 1. The molecule has 4 N–H and O–H groups in total. The Labute approximate surface area is 177 Å². The molecule has 6 heteroatoms. The first-order valence-electron chi connectivity index (χ1n) is 10.5. The van der Waals surface area contributed by atoms with Crippen molar-refractivity contribution in [2.24, 2.45) is 0 Å². The van der Waals surface area contributed by atoms with Gasteiger partial charge in [-0.25, -0.2) is 4.79 Å². The van der Waals surface area contributed by atoms with Gasteiger partial charge in [-0.1, -0.05) is 37.6 Å². The van der Waals surface area contributed by atoms with Gasteiger partial charge >= 0.3 is 5.97 Å². The van der Waals surface area contributed by atoms with E-state index in [0.29, 0.717) is 24.1 Å². The molecule has 0 aliphatic rings. The molecule has 2 rings (SSSR count). The Morgan fingerprint density at radius 1 is 1.03 bits per heavy atom. The highest BCUT2D eigenvalue weighted by Crippen LogP contribution is 2.25. The van der Waals surface area contributed by atoms with E-state index in [9.17, 15) is 19.8 Å². The molecule has 162 valence electrons. The molecule has 0 aliphatic carbocycles. The van der Waals surface area contributed by atoms with Crippen LogP contribution in [0.25, 0.3) is 0 Å². The number of aromatic carboxylic acids is 1. The number of phenolic OH excluding ortho intramolecular Hbond substituents is 1. The van der Waals surface area contributed by atoms with Gasteiger partial charge in [0, 0.05) is 13.0 Å². The van der Waals surface area contributed by atoms with Gasteiger partial charge in [0.15, 0.2) is 5.78 Å². The van der Waals surface area contributed by atoms with Gasteiger partial charge in [-0.05, 0) is 61.6 Å². The van der Waals surface area contributed by atoms with Crippen LogP contribution in [0.3, 0.4) is 0 Å². The van der Waals surface area contributed by atoms with Crippen molar-refractivity contribution in [3.63, 3.8) is 0 Å². The highest BCUT2D eigenvalue weighted by atomic mass is 16.4. The summed E-state index contributed by atoms with van der Waals surface area (Å²) in [6, 6.07) is 11.6. The van der Waals surface area contributed by atoms with Crippen molar-refractivity contribution in [3.8, 4) is 5.75 Å². The highest BCUT2D eigenvalue weighted by Gasteiger charge is 2.13. The predicted molar refractivity (Wildman–Crippen MR) is 116 cm³/mol.